The highest BCUT2D eigenvalue weighted by Crippen LogP contribution is 2.22. The second-order valence-corrected chi connectivity index (χ2v) is 4.82. The molecule has 0 saturated carbocycles. The van der Waals surface area contributed by atoms with E-state index in [0.717, 1.165) is 0 Å². The van der Waals surface area contributed by atoms with Crippen molar-refractivity contribution in [1.82, 2.24) is 0 Å². The van der Waals surface area contributed by atoms with Crippen molar-refractivity contribution in [1.29, 1.82) is 0 Å². The van der Waals surface area contributed by atoms with E-state index < -0.39 is 18.0 Å². The molecular formula is C6H11NO4S2. The lowest BCUT2D eigenvalue weighted by Gasteiger charge is -2.03. The summed E-state index contributed by atoms with van der Waals surface area (Å²) in [5.74, 6) is -1.13. The molecule has 1 atom stereocenters. The number of rotatable bonds is 7. The van der Waals surface area contributed by atoms with Crippen LogP contribution in [0, 0.1) is 0 Å². The normalized spacial score (nSPS) is 12.4. The van der Waals surface area contributed by atoms with Gasteiger partial charge >= 0.3 is 11.9 Å². The van der Waals surface area contributed by atoms with Gasteiger partial charge in [-0.1, -0.05) is 21.6 Å². The molecule has 13 heavy (non-hydrogen) atoms. The van der Waals surface area contributed by atoms with E-state index in [4.69, 9.17) is 15.9 Å². The van der Waals surface area contributed by atoms with Crippen molar-refractivity contribution in [3.05, 3.63) is 0 Å². The van der Waals surface area contributed by atoms with E-state index in [9.17, 15) is 9.59 Å². The van der Waals surface area contributed by atoms with Crippen LogP contribution in [0.5, 0.6) is 0 Å². The Labute approximate surface area is 83.5 Å². The number of hydrogen-bond acceptors (Lipinski definition) is 5. The van der Waals surface area contributed by atoms with E-state index in [-0.39, 0.29) is 6.42 Å². The van der Waals surface area contributed by atoms with Gasteiger partial charge in [-0.25, -0.2) is 0 Å². The lowest BCUT2D eigenvalue weighted by Crippen LogP contribution is -2.32. The summed E-state index contributed by atoms with van der Waals surface area (Å²) in [6.07, 6.45) is 0.0833. The molecule has 0 aliphatic rings. The zero-order valence-electron chi connectivity index (χ0n) is 6.80. The quantitative estimate of drug-likeness (QED) is 0.422. The third-order valence-electron chi connectivity index (χ3n) is 1.05. The van der Waals surface area contributed by atoms with Gasteiger partial charge in [0.25, 0.3) is 0 Å². The van der Waals surface area contributed by atoms with Crippen LogP contribution in [0.3, 0.4) is 0 Å². The Morgan fingerprint density at radius 1 is 1.31 bits per heavy atom. The van der Waals surface area contributed by atoms with Crippen molar-refractivity contribution in [2.24, 2.45) is 5.73 Å². The second-order valence-electron chi connectivity index (χ2n) is 2.19. The summed E-state index contributed by atoms with van der Waals surface area (Å²) >= 11 is 0. The monoisotopic (exact) mass is 225 g/mol. The number of aliphatic carboxylic acids is 2. The van der Waals surface area contributed by atoms with E-state index in [1.54, 1.807) is 0 Å². The Kier molecular flexibility index (Phi) is 6.83. The molecule has 5 nitrogen and oxygen atoms in total. The Balaban J connectivity index is 3.26. The molecule has 0 aliphatic carbocycles. The third-order valence-corrected chi connectivity index (χ3v) is 3.49. The summed E-state index contributed by atoms with van der Waals surface area (Å²) in [4.78, 5) is 20.3. The molecule has 0 aromatic carbocycles. The summed E-state index contributed by atoms with van der Waals surface area (Å²) in [6.45, 7) is 0. The molecule has 0 radical (unpaired) electrons. The van der Waals surface area contributed by atoms with Crippen LogP contribution in [0.15, 0.2) is 0 Å². The third kappa shape index (κ3) is 7.94. The molecule has 0 aromatic rings. The number of carboxylic acid groups (broad SMARTS) is 2. The highest BCUT2D eigenvalue weighted by atomic mass is 33.1. The van der Waals surface area contributed by atoms with Crippen LogP contribution in [0.2, 0.25) is 0 Å². The number of nitrogens with two attached hydrogens (primary N) is 1. The molecule has 0 aliphatic heterocycles. The Morgan fingerprint density at radius 3 is 2.38 bits per heavy atom. The maximum absolute atomic E-state index is 10.2. The summed E-state index contributed by atoms with van der Waals surface area (Å²) in [7, 11) is 2.60. The summed E-state index contributed by atoms with van der Waals surface area (Å²) in [5, 5.41) is 16.7. The van der Waals surface area contributed by atoms with Gasteiger partial charge in [0.1, 0.15) is 6.04 Å². The summed E-state index contributed by atoms with van der Waals surface area (Å²) in [5.41, 5.74) is 5.21. The maximum Gasteiger partial charge on any atom is 0.321 e. The van der Waals surface area contributed by atoms with Crippen molar-refractivity contribution >= 4 is 33.5 Å². The molecule has 4 N–H and O–H groups in total. The van der Waals surface area contributed by atoms with E-state index in [1.165, 1.54) is 21.6 Å². The minimum Gasteiger partial charge on any atom is -0.481 e. The number of hydrogen-bond donors (Lipinski definition) is 3. The average molecular weight is 225 g/mol. The van der Waals surface area contributed by atoms with E-state index >= 15 is 0 Å². The smallest absolute Gasteiger partial charge is 0.321 e. The number of carboxylic acids is 2. The Bertz CT molecular complexity index is 187. The van der Waals surface area contributed by atoms with Crippen LogP contribution < -0.4 is 5.73 Å². The van der Waals surface area contributed by atoms with Crippen LogP contribution in [0.25, 0.3) is 0 Å². The molecule has 0 heterocycles. The van der Waals surface area contributed by atoms with Gasteiger partial charge in [-0.05, 0) is 0 Å². The summed E-state index contributed by atoms with van der Waals surface area (Å²) < 4.78 is 0. The van der Waals surface area contributed by atoms with Gasteiger partial charge in [0.05, 0.1) is 6.42 Å². The van der Waals surface area contributed by atoms with Crippen molar-refractivity contribution in [2.75, 3.05) is 11.5 Å². The highest BCUT2D eigenvalue weighted by Gasteiger charge is 2.10. The van der Waals surface area contributed by atoms with Crippen molar-refractivity contribution in [3.63, 3.8) is 0 Å². The molecular weight excluding hydrogens is 214 g/mol. The van der Waals surface area contributed by atoms with Gasteiger partial charge < -0.3 is 15.9 Å². The highest BCUT2D eigenvalue weighted by molar-refractivity contribution is 8.76. The molecule has 0 bridgehead atoms. The van der Waals surface area contributed by atoms with Crippen LogP contribution in [-0.4, -0.2) is 39.7 Å². The minimum atomic E-state index is -1.04. The van der Waals surface area contributed by atoms with Crippen LogP contribution in [0.4, 0.5) is 0 Å². The first-order valence-corrected chi connectivity index (χ1v) is 5.97. The van der Waals surface area contributed by atoms with Crippen molar-refractivity contribution in [3.8, 4) is 0 Å². The fraction of sp³-hybridized carbons (Fsp3) is 0.667. The molecule has 0 rings (SSSR count). The largest absolute Gasteiger partial charge is 0.481 e. The zero-order valence-corrected chi connectivity index (χ0v) is 8.44. The maximum atomic E-state index is 10.2. The first-order valence-electron chi connectivity index (χ1n) is 3.48. The summed E-state index contributed by atoms with van der Waals surface area (Å²) in [6, 6.07) is -0.873. The zero-order chi connectivity index (χ0) is 10.3. The Hall–Kier alpha value is -0.400. The van der Waals surface area contributed by atoms with E-state index in [1.807, 2.05) is 0 Å². The van der Waals surface area contributed by atoms with Gasteiger partial charge in [0.15, 0.2) is 0 Å². The predicted octanol–water partition coefficient (Wildman–Crippen LogP) is 0.254. The van der Waals surface area contributed by atoms with E-state index in [2.05, 4.69) is 0 Å². The fourth-order valence-electron chi connectivity index (χ4n) is 0.381. The van der Waals surface area contributed by atoms with Gasteiger partial charge in [0, 0.05) is 11.5 Å². The van der Waals surface area contributed by atoms with Crippen LogP contribution >= 0.6 is 21.6 Å². The fourth-order valence-corrected chi connectivity index (χ4v) is 2.47. The topological polar surface area (TPSA) is 101 Å². The van der Waals surface area contributed by atoms with Gasteiger partial charge in [-0.3, -0.25) is 9.59 Å². The molecule has 0 amide bonds. The SMILES string of the molecule is N[C@H](CSSCCC(=O)O)C(=O)O. The standard InChI is InChI=1S/C6H11NO4S2/c7-4(6(10)11)3-13-12-2-1-5(8)9/h4H,1-3,7H2,(H,8,9)(H,10,11)/t4-/m1/s1. The molecule has 7 heteroatoms. The predicted molar refractivity (Wildman–Crippen MR) is 52.8 cm³/mol. The van der Waals surface area contributed by atoms with Crippen LogP contribution in [-0.2, 0) is 9.59 Å². The number of carbonyl (C=O) groups is 2. The van der Waals surface area contributed by atoms with Gasteiger partial charge in [0.2, 0.25) is 0 Å². The van der Waals surface area contributed by atoms with E-state index in [0.29, 0.717) is 11.5 Å². The molecule has 0 spiro atoms. The van der Waals surface area contributed by atoms with Gasteiger partial charge in [-0.15, -0.1) is 0 Å². The first-order chi connectivity index (χ1) is 6.04. The van der Waals surface area contributed by atoms with Crippen molar-refractivity contribution in [2.45, 2.75) is 12.5 Å². The molecule has 0 aromatic heterocycles. The molecule has 0 saturated heterocycles. The van der Waals surface area contributed by atoms with Crippen LogP contribution in [0.1, 0.15) is 6.42 Å². The van der Waals surface area contributed by atoms with Gasteiger partial charge in [-0.2, -0.15) is 0 Å². The lowest BCUT2D eigenvalue weighted by molar-refractivity contribution is -0.138. The molecule has 0 fully saturated rings. The molecule has 0 unspecified atom stereocenters. The molecule has 76 valence electrons. The Morgan fingerprint density at radius 2 is 1.92 bits per heavy atom. The average Bonchev–Trinajstić information content (AvgIpc) is 2.02. The first kappa shape index (κ1) is 12.6. The lowest BCUT2D eigenvalue weighted by atomic mass is 10.4. The van der Waals surface area contributed by atoms with Crippen molar-refractivity contribution < 1.29 is 19.8 Å². The minimum absolute atomic E-state index is 0.0833. The second kappa shape index (κ2) is 7.05.